The Morgan fingerprint density at radius 3 is 2.61 bits per heavy atom. The largest absolute Gasteiger partial charge is 0.384 e. The number of hydrogen-bond acceptors (Lipinski definition) is 6. The first kappa shape index (κ1) is 27.2. The molecule has 0 radical (unpaired) electrons. The highest BCUT2D eigenvalue weighted by molar-refractivity contribution is 5.89. The zero-order chi connectivity index (χ0) is 27.2. The van der Waals surface area contributed by atoms with E-state index < -0.39 is 6.04 Å². The van der Waals surface area contributed by atoms with Crippen molar-refractivity contribution in [3.8, 4) is 11.1 Å². The Balaban J connectivity index is 1.25. The molecule has 38 heavy (non-hydrogen) atoms. The van der Waals surface area contributed by atoms with Crippen LogP contribution in [0.3, 0.4) is 0 Å². The topological polar surface area (TPSA) is 135 Å². The highest BCUT2D eigenvalue weighted by Gasteiger charge is 2.31. The quantitative estimate of drug-likeness (QED) is 0.296. The van der Waals surface area contributed by atoms with E-state index in [2.05, 4.69) is 33.1 Å². The molecule has 3 aromatic rings. The van der Waals surface area contributed by atoms with Crippen LogP contribution < -0.4 is 27.4 Å². The molecule has 1 aliphatic rings. The van der Waals surface area contributed by atoms with Gasteiger partial charge < -0.3 is 27.4 Å². The van der Waals surface area contributed by atoms with Crippen molar-refractivity contribution in [2.45, 2.75) is 51.9 Å². The van der Waals surface area contributed by atoms with E-state index in [0.717, 1.165) is 40.9 Å². The molecule has 3 atom stereocenters. The number of nitrogen functional groups attached to an aromatic ring is 1. The lowest BCUT2D eigenvalue weighted by Crippen LogP contribution is -2.50. The van der Waals surface area contributed by atoms with Gasteiger partial charge in [-0.2, -0.15) is 0 Å². The number of rotatable bonds is 9. The zero-order valence-electron chi connectivity index (χ0n) is 21.8. The van der Waals surface area contributed by atoms with E-state index in [1.807, 2.05) is 25.1 Å². The fraction of sp³-hybridized carbons (Fsp3) is 0.345. The molecule has 2 aromatic carbocycles. The number of aromatic nitrogens is 1. The molecule has 4 rings (SSSR count). The molecular weight excluding hydrogens is 483 g/mol. The minimum absolute atomic E-state index is 0.179. The van der Waals surface area contributed by atoms with Crippen LogP contribution in [0.25, 0.3) is 11.1 Å². The number of benzene rings is 2. The molecule has 0 spiro atoms. The maximum Gasteiger partial charge on any atom is 0.242 e. The van der Waals surface area contributed by atoms with E-state index in [1.54, 1.807) is 19.1 Å². The molecular formula is C29H35FN6O2. The number of carbonyl (C=O) groups is 2. The number of nitrogens with one attached hydrogen (secondary N) is 3. The van der Waals surface area contributed by atoms with Gasteiger partial charge in [0.15, 0.2) is 0 Å². The molecule has 2 amide bonds. The first-order valence-corrected chi connectivity index (χ1v) is 12.8. The Hall–Kier alpha value is -3.82. The summed E-state index contributed by atoms with van der Waals surface area (Å²) >= 11 is 0. The molecule has 2 heterocycles. The van der Waals surface area contributed by atoms with Crippen molar-refractivity contribution < 1.29 is 14.0 Å². The average Bonchev–Trinajstić information content (AvgIpc) is 3.37. The fourth-order valence-corrected chi connectivity index (χ4v) is 4.84. The van der Waals surface area contributed by atoms with Crippen molar-refractivity contribution in [1.29, 1.82) is 0 Å². The monoisotopic (exact) mass is 518 g/mol. The van der Waals surface area contributed by atoms with Crippen LogP contribution in [-0.2, 0) is 29.1 Å². The molecule has 1 saturated heterocycles. The summed E-state index contributed by atoms with van der Waals surface area (Å²) in [6.07, 6.45) is 1.52. The number of pyridine rings is 1. The predicted octanol–water partition coefficient (Wildman–Crippen LogP) is 2.58. The summed E-state index contributed by atoms with van der Waals surface area (Å²) in [7, 11) is 0. The van der Waals surface area contributed by atoms with E-state index in [0.29, 0.717) is 24.7 Å². The normalized spacial score (nSPS) is 17.7. The maximum atomic E-state index is 13.5. The van der Waals surface area contributed by atoms with Gasteiger partial charge >= 0.3 is 0 Å². The summed E-state index contributed by atoms with van der Waals surface area (Å²) in [5, 5.41) is 8.95. The molecule has 0 aliphatic carbocycles. The second kappa shape index (κ2) is 12.1. The standard InChI is InChI=1S/C29H35FN6O2/c1-17-22(7-10-27(32)35-17)16-34-28(37)18(2)36-29(38)26-12-20(15-33-26)11-19-3-5-21(6-4-19)25-9-8-24(30)13-23(25)14-31/h3-10,13,18,20,26,33H,11-12,14-16,31H2,1-2H3,(H2,32,35)(H,34,37)(H,36,38)/t18-,20-,26+/m0/s1. The van der Waals surface area contributed by atoms with Crippen LogP contribution in [0.2, 0.25) is 0 Å². The minimum atomic E-state index is -0.664. The molecule has 0 bridgehead atoms. The lowest BCUT2D eigenvalue weighted by Gasteiger charge is -2.17. The van der Waals surface area contributed by atoms with E-state index in [4.69, 9.17) is 11.5 Å². The SMILES string of the molecule is Cc1nc(N)ccc1CNC(=O)[C@H](C)NC(=O)[C@H]1C[C@H](Cc2ccc(-c3ccc(F)cc3CN)cc2)CN1. The lowest BCUT2D eigenvalue weighted by atomic mass is 9.94. The van der Waals surface area contributed by atoms with Gasteiger partial charge in [0.2, 0.25) is 11.8 Å². The molecule has 1 fully saturated rings. The van der Waals surface area contributed by atoms with Crippen LogP contribution in [0.5, 0.6) is 0 Å². The van der Waals surface area contributed by atoms with E-state index in [1.165, 1.54) is 17.7 Å². The molecule has 200 valence electrons. The summed E-state index contributed by atoms with van der Waals surface area (Å²) in [4.78, 5) is 29.5. The van der Waals surface area contributed by atoms with Crippen LogP contribution in [0.1, 0.15) is 35.7 Å². The fourth-order valence-electron chi connectivity index (χ4n) is 4.84. The summed E-state index contributed by atoms with van der Waals surface area (Å²) in [6, 6.07) is 15.4. The summed E-state index contributed by atoms with van der Waals surface area (Å²) in [5.41, 5.74) is 17.0. The van der Waals surface area contributed by atoms with Crippen molar-refractivity contribution in [3.05, 3.63) is 82.8 Å². The van der Waals surface area contributed by atoms with Gasteiger partial charge in [-0.1, -0.05) is 36.4 Å². The van der Waals surface area contributed by atoms with Gasteiger partial charge in [0.25, 0.3) is 0 Å². The number of aryl methyl sites for hydroxylation is 1. The third kappa shape index (κ3) is 6.73. The van der Waals surface area contributed by atoms with Gasteiger partial charge in [0, 0.05) is 18.8 Å². The van der Waals surface area contributed by atoms with Crippen molar-refractivity contribution in [2.24, 2.45) is 11.7 Å². The van der Waals surface area contributed by atoms with Crippen molar-refractivity contribution in [1.82, 2.24) is 20.9 Å². The number of nitrogens with two attached hydrogens (primary N) is 2. The van der Waals surface area contributed by atoms with Gasteiger partial charge in [-0.05, 0) is 85.2 Å². The van der Waals surface area contributed by atoms with Crippen LogP contribution in [0, 0.1) is 18.7 Å². The highest BCUT2D eigenvalue weighted by atomic mass is 19.1. The molecule has 8 nitrogen and oxygen atoms in total. The number of anilines is 1. The number of hydrogen-bond donors (Lipinski definition) is 5. The third-order valence-electron chi connectivity index (χ3n) is 7.04. The van der Waals surface area contributed by atoms with Crippen molar-refractivity contribution >= 4 is 17.6 Å². The molecule has 1 aliphatic heterocycles. The summed E-state index contributed by atoms with van der Waals surface area (Å²) in [6.45, 7) is 4.82. The molecule has 0 unspecified atom stereocenters. The van der Waals surface area contributed by atoms with Crippen molar-refractivity contribution in [2.75, 3.05) is 12.3 Å². The number of nitrogens with zero attached hydrogens (tertiary/aromatic N) is 1. The Labute approximate surface area is 222 Å². The minimum Gasteiger partial charge on any atom is -0.384 e. The number of amides is 2. The Morgan fingerprint density at radius 1 is 1.13 bits per heavy atom. The Kier molecular flexibility index (Phi) is 8.70. The van der Waals surface area contributed by atoms with Crippen molar-refractivity contribution in [3.63, 3.8) is 0 Å². The van der Waals surface area contributed by atoms with Crippen LogP contribution >= 0.6 is 0 Å². The van der Waals surface area contributed by atoms with Crippen LogP contribution in [0.15, 0.2) is 54.6 Å². The Bertz CT molecular complexity index is 1300. The number of carbonyl (C=O) groups excluding carboxylic acids is 2. The third-order valence-corrected chi connectivity index (χ3v) is 7.04. The Morgan fingerprint density at radius 2 is 1.89 bits per heavy atom. The van der Waals surface area contributed by atoms with Gasteiger partial charge in [-0.25, -0.2) is 9.37 Å². The first-order valence-electron chi connectivity index (χ1n) is 12.8. The van der Waals surface area contributed by atoms with Gasteiger partial charge in [0.1, 0.15) is 17.7 Å². The summed E-state index contributed by atoms with van der Waals surface area (Å²) in [5.74, 6) is -0.000539. The average molecular weight is 519 g/mol. The molecule has 7 N–H and O–H groups in total. The summed E-state index contributed by atoms with van der Waals surface area (Å²) < 4.78 is 13.5. The second-order valence-electron chi connectivity index (χ2n) is 9.90. The van der Waals surface area contributed by atoms with Gasteiger partial charge in [0.05, 0.1) is 6.04 Å². The maximum absolute atomic E-state index is 13.5. The highest BCUT2D eigenvalue weighted by Crippen LogP contribution is 2.26. The zero-order valence-corrected chi connectivity index (χ0v) is 21.8. The number of halogens is 1. The van der Waals surface area contributed by atoms with E-state index in [-0.39, 0.29) is 30.2 Å². The van der Waals surface area contributed by atoms with Gasteiger partial charge in [-0.3, -0.25) is 9.59 Å². The van der Waals surface area contributed by atoms with Gasteiger partial charge in [-0.15, -0.1) is 0 Å². The molecule has 1 aromatic heterocycles. The first-order chi connectivity index (χ1) is 18.2. The van der Waals surface area contributed by atoms with E-state index in [9.17, 15) is 14.0 Å². The van der Waals surface area contributed by atoms with Crippen LogP contribution in [-0.4, -0.2) is 35.4 Å². The lowest BCUT2D eigenvalue weighted by molar-refractivity contribution is -0.129. The molecule has 9 heteroatoms. The van der Waals surface area contributed by atoms with Crippen LogP contribution in [0.4, 0.5) is 10.2 Å². The smallest absolute Gasteiger partial charge is 0.242 e. The second-order valence-corrected chi connectivity index (χ2v) is 9.90. The predicted molar refractivity (Wildman–Crippen MR) is 146 cm³/mol. The van der Waals surface area contributed by atoms with E-state index >= 15 is 0 Å². The molecule has 0 saturated carbocycles.